The number of nitrogens with zero attached hydrogens (tertiary/aromatic N) is 2. The molecule has 0 aliphatic heterocycles. The van der Waals surface area contributed by atoms with E-state index in [2.05, 4.69) is 54.4 Å². The van der Waals surface area contributed by atoms with E-state index in [1.165, 1.54) is 31.3 Å². The van der Waals surface area contributed by atoms with Gasteiger partial charge in [0.15, 0.2) is 0 Å². The van der Waals surface area contributed by atoms with Crippen LogP contribution in [-0.4, -0.2) is 10.9 Å². The van der Waals surface area contributed by atoms with Crippen molar-refractivity contribution in [3.8, 4) is 0 Å². The molecular weight excluding hydrogens is 288 g/mol. The topological polar surface area (TPSA) is 24.7 Å². The Kier molecular flexibility index (Phi) is 12.2. The van der Waals surface area contributed by atoms with Crippen LogP contribution in [0.2, 0.25) is 0 Å². The van der Waals surface area contributed by atoms with Crippen molar-refractivity contribution < 1.29 is 0 Å². The summed E-state index contributed by atoms with van der Waals surface area (Å²) in [5, 5.41) is 2.28. The van der Waals surface area contributed by atoms with Crippen molar-refractivity contribution in [1.82, 2.24) is 0 Å². The highest BCUT2D eigenvalue weighted by Gasteiger charge is 1.97. The minimum atomic E-state index is 0.560. The average molecular weight is 317 g/mol. The van der Waals surface area contributed by atoms with Gasteiger partial charge in [0, 0.05) is 11.9 Å². The highest BCUT2D eigenvalue weighted by Crippen LogP contribution is 2.14. The molecule has 0 heterocycles. The first-order valence-corrected chi connectivity index (χ1v) is 8.32. The summed E-state index contributed by atoms with van der Waals surface area (Å²) >= 11 is 4.53. The molecule has 0 aliphatic carbocycles. The summed E-state index contributed by atoms with van der Waals surface area (Å²) in [5.74, 6) is 0. The normalized spacial score (nSPS) is 12.3. The summed E-state index contributed by atoms with van der Waals surface area (Å²) in [6, 6.07) is 0. The van der Waals surface area contributed by atoms with Crippen LogP contribution >= 0.6 is 12.2 Å². The Labute approximate surface area is 141 Å². The molecule has 0 fully saturated rings. The molecule has 22 heavy (non-hydrogen) atoms. The van der Waals surface area contributed by atoms with Crippen LogP contribution in [-0.2, 0) is 0 Å². The first-order chi connectivity index (χ1) is 10.5. The number of hydrogen-bond donors (Lipinski definition) is 0. The molecule has 0 aromatic heterocycles. The number of thiocarbonyl (C=S) groups is 1. The largest absolute Gasteiger partial charge is 0.261 e. The van der Waals surface area contributed by atoms with E-state index in [0.717, 1.165) is 24.1 Å². The van der Waals surface area contributed by atoms with Gasteiger partial charge in [0.05, 0.1) is 10.9 Å². The molecule has 0 aliphatic rings. The number of unbranched alkanes of at least 4 members (excludes halogenated alkanes) is 3. The van der Waals surface area contributed by atoms with E-state index >= 15 is 0 Å². The Morgan fingerprint density at radius 1 is 1.14 bits per heavy atom. The predicted molar refractivity (Wildman–Crippen MR) is 103 cm³/mol. The molecule has 3 heteroatoms. The summed E-state index contributed by atoms with van der Waals surface area (Å²) in [6.07, 6.45) is 12.9. The maximum Gasteiger partial charge on any atom is 0.0668 e. The van der Waals surface area contributed by atoms with Crippen LogP contribution in [0.5, 0.6) is 0 Å². The van der Waals surface area contributed by atoms with Crippen LogP contribution in [0, 0.1) is 0 Å². The second kappa shape index (κ2) is 13.1. The Morgan fingerprint density at radius 2 is 1.86 bits per heavy atom. The first kappa shape index (κ1) is 20.4. The van der Waals surface area contributed by atoms with Gasteiger partial charge in [-0.2, -0.15) is 4.99 Å². The van der Waals surface area contributed by atoms with Gasteiger partial charge in [0.25, 0.3) is 0 Å². The molecule has 0 amide bonds. The third kappa shape index (κ3) is 10.2. The van der Waals surface area contributed by atoms with Crippen LogP contribution in [0.25, 0.3) is 0 Å². The maximum absolute atomic E-state index is 4.53. The first-order valence-electron chi connectivity index (χ1n) is 7.91. The summed E-state index contributed by atoms with van der Waals surface area (Å²) in [5.41, 5.74) is 3.69. The van der Waals surface area contributed by atoms with Crippen LogP contribution in [0.3, 0.4) is 0 Å². The van der Waals surface area contributed by atoms with E-state index in [-0.39, 0.29) is 0 Å². The van der Waals surface area contributed by atoms with Gasteiger partial charge in [-0.25, -0.2) is 0 Å². The lowest BCUT2D eigenvalue weighted by Crippen LogP contribution is -1.92. The fourth-order valence-electron chi connectivity index (χ4n) is 1.80. The van der Waals surface area contributed by atoms with Gasteiger partial charge >= 0.3 is 0 Å². The Balaban J connectivity index is 4.59. The average Bonchev–Trinajstić information content (AvgIpc) is 2.51. The molecule has 0 saturated carbocycles. The molecule has 0 radical (unpaired) electrons. The molecule has 0 aromatic carbocycles. The summed E-state index contributed by atoms with van der Waals surface area (Å²) in [6.45, 7) is 14.1. The molecule has 0 rings (SSSR count). The second-order valence-electron chi connectivity index (χ2n) is 5.22. The van der Waals surface area contributed by atoms with Crippen molar-refractivity contribution in [3.63, 3.8) is 0 Å². The van der Waals surface area contributed by atoms with Crippen LogP contribution in [0.1, 0.15) is 59.3 Å². The number of rotatable bonds is 11. The zero-order valence-corrected chi connectivity index (χ0v) is 15.0. The van der Waals surface area contributed by atoms with Gasteiger partial charge < -0.3 is 0 Å². The molecule has 0 unspecified atom stereocenters. The van der Waals surface area contributed by atoms with Crippen molar-refractivity contribution >= 4 is 23.1 Å². The molecule has 0 bridgehead atoms. The van der Waals surface area contributed by atoms with E-state index in [1.807, 2.05) is 19.2 Å². The SMILES string of the molecule is C=C(/C=C\C(=C)/C(C)=N/C=C(\CC)CCCCCC)N=C=S. The number of isothiocyanates is 1. The molecular formula is C19H28N2S. The predicted octanol–water partition coefficient (Wildman–Crippen LogP) is 6.44. The van der Waals surface area contributed by atoms with Crippen molar-refractivity contribution in [1.29, 1.82) is 0 Å². The monoisotopic (exact) mass is 316 g/mol. The smallest absolute Gasteiger partial charge is 0.0668 e. The highest BCUT2D eigenvalue weighted by molar-refractivity contribution is 7.78. The van der Waals surface area contributed by atoms with Crippen LogP contribution < -0.4 is 0 Å². The van der Waals surface area contributed by atoms with Gasteiger partial charge in [-0.05, 0) is 50.1 Å². The fourth-order valence-corrected chi connectivity index (χ4v) is 1.91. The third-order valence-corrected chi connectivity index (χ3v) is 3.47. The quantitative estimate of drug-likeness (QED) is 0.186. The molecule has 120 valence electrons. The van der Waals surface area contributed by atoms with Crippen LogP contribution in [0.15, 0.2) is 58.3 Å². The fraction of sp³-hybridized carbons (Fsp3) is 0.474. The number of hydrogen-bond acceptors (Lipinski definition) is 3. The lowest BCUT2D eigenvalue weighted by molar-refractivity contribution is 0.657. The molecule has 0 saturated heterocycles. The maximum atomic E-state index is 4.53. The lowest BCUT2D eigenvalue weighted by atomic mass is 10.1. The van der Waals surface area contributed by atoms with E-state index in [0.29, 0.717) is 5.70 Å². The Morgan fingerprint density at radius 3 is 2.45 bits per heavy atom. The van der Waals surface area contributed by atoms with Gasteiger partial charge in [-0.1, -0.05) is 57.9 Å². The van der Waals surface area contributed by atoms with Gasteiger partial charge in [0.1, 0.15) is 0 Å². The zero-order chi connectivity index (χ0) is 16.8. The van der Waals surface area contributed by atoms with Crippen LogP contribution in [0.4, 0.5) is 0 Å². The standard InChI is InChI=1S/C19H28N2S/c1-6-8-9-10-11-19(7-2)14-20-18(5)16(3)12-13-17(4)21-15-22/h12-14H,3-4,6-11H2,1-2,5H3/b13-12-,19-14+,20-18+. The van der Waals surface area contributed by atoms with Crippen molar-refractivity contribution in [3.05, 3.63) is 48.4 Å². The molecule has 0 atom stereocenters. The number of aliphatic imine (C=N–C) groups is 2. The summed E-state index contributed by atoms with van der Waals surface area (Å²) in [4.78, 5) is 8.31. The minimum absolute atomic E-state index is 0.560. The third-order valence-electron chi connectivity index (χ3n) is 3.38. The van der Waals surface area contributed by atoms with Gasteiger partial charge in [0.2, 0.25) is 0 Å². The summed E-state index contributed by atoms with van der Waals surface area (Å²) < 4.78 is 0. The van der Waals surface area contributed by atoms with E-state index in [9.17, 15) is 0 Å². The molecule has 0 spiro atoms. The van der Waals surface area contributed by atoms with Gasteiger partial charge in [-0.15, -0.1) is 0 Å². The van der Waals surface area contributed by atoms with E-state index in [1.54, 1.807) is 6.08 Å². The highest BCUT2D eigenvalue weighted by atomic mass is 32.1. The Bertz CT molecular complexity index is 504. The molecule has 0 aromatic rings. The van der Waals surface area contributed by atoms with Crippen molar-refractivity contribution in [2.24, 2.45) is 9.98 Å². The van der Waals surface area contributed by atoms with Crippen molar-refractivity contribution in [2.75, 3.05) is 0 Å². The number of allylic oxidation sites excluding steroid dienone is 4. The van der Waals surface area contributed by atoms with Gasteiger partial charge in [-0.3, -0.25) is 4.99 Å². The Hall–Kier alpha value is -1.57. The lowest BCUT2D eigenvalue weighted by Gasteiger charge is -2.04. The van der Waals surface area contributed by atoms with E-state index < -0.39 is 0 Å². The van der Waals surface area contributed by atoms with Crippen molar-refractivity contribution in [2.45, 2.75) is 59.3 Å². The molecule has 0 N–H and O–H groups in total. The molecule has 2 nitrogen and oxygen atoms in total. The second-order valence-corrected chi connectivity index (χ2v) is 5.40. The van der Waals surface area contributed by atoms with E-state index in [4.69, 9.17) is 0 Å². The minimum Gasteiger partial charge on any atom is -0.261 e. The summed E-state index contributed by atoms with van der Waals surface area (Å²) in [7, 11) is 0. The zero-order valence-electron chi connectivity index (χ0n) is 14.2.